The van der Waals surface area contributed by atoms with E-state index >= 15 is 0 Å². The minimum atomic E-state index is 0.584. The Hall–Kier alpha value is -0.530. The first-order valence-electron chi connectivity index (χ1n) is 11.1. The van der Waals surface area contributed by atoms with Gasteiger partial charge in [0.15, 0.2) is 0 Å². The van der Waals surface area contributed by atoms with E-state index in [0.29, 0.717) is 5.92 Å². The Labute approximate surface area is 151 Å². The number of hydrogen-bond donors (Lipinski definition) is 1. The lowest BCUT2D eigenvalue weighted by molar-refractivity contribution is 0.307. The summed E-state index contributed by atoms with van der Waals surface area (Å²) in [6.07, 6.45) is 26.0. The van der Waals surface area contributed by atoms with E-state index in [2.05, 4.69) is 12.1 Å². The van der Waals surface area contributed by atoms with Crippen molar-refractivity contribution in [1.82, 2.24) is 0 Å². The molecule has 0 aromatic heterocycles. The van der Waals surface area contributed by atoms with Crippen LogP contribution in [0.1, 0.15) is 129 Å². The zero-order chi connectivity index (χ0) is 17.3. The van der Waals surface area contributed by atoms with Crippen molar-refractivity contribution >= 4 is 5.71 Å². The van der Waals surface area contributed by atoms with Crippen LogP contribution in [0.15, 0.2) is 5.16 Å². The first kappa shape index (κ1) is 21.5. The first-order valence-corrected chi connectivity index (χ1v) is 11.1. The predicted octanol–water partition coefficient (Wildman–Crippen LogP) is 7.88. The Kier molecular flexibility index (Phi) is 14.3. The highest BCUT2D eigenvalue weighted by Gasteiger charge is 2.20. The van der Waals surface area contributed by atoms with Crippen molar-refractivity contribution < 1.29 is 5.21 Å². The molecule has 0 aromatic rings. The van der Waals surface area contributed by atoms with Crippen LogP contribution in [0.4, 0.5) is 0 Å². The van der Waals surface area contributed by atoms with E-state index < -0.39 is 0 Å². The topological polar surface area (TPSA) is 32.6 Å². The third-order valence-corrected chi connectivity index (χ3v) is 5.74. The molecule has 1 rings (SSSR count). The summed E-state index contributed by atoms with van der Waals surface area (Å²) in [5.74, 6) is 0.584. The van der Waals surface area contributed by atoms with Crippen LogP contribution in [0.25, 0.3) is 0 Å². The van der Waals surface area contributed by atoms with Crippen LogP contribution in [0.3, 0.4) is 0 Å². The number of unbranched alkanes of at least 4 members (excludes halogenated alkanes) is 13. The lowest BCUT2D eigenvalue weighted by Crippen LogP contribution is -2.19. The van der Waals surface area contributed by atoms with Crippen molar-refractivity contribution in [1.29, 1.82) is 0 Å². The van der Waals surface area contributed by atoms with Gasteiger partial charge in [0.25, 0.3) is 0 Å². The largest absolute Gasteiger partial charge is 0.411 e. The molecule has 1 aliphatic rings. The third kappa shape index (κ3) is 11.1. The van der Waals surface area contributed by atoms with Gasteiger partial charge in [-0.2, -0.15) is 0 Å². The van der Waals surface area contributed by atoms with Gasteiger partial charge in [0.2, 0.25) is 0 Å². The van der Waals surface area contributed by atoms with Crippen molar-refractivity contribution in [3.05, 3.63) is 0 Å². The molecule has 0 spiro atoms. The Balaban J connectivity index is 1.79. The maximum Gasteiger partial charge on any atom is 0.0601 e. The Morgan fingerprint density at radius 2 is 1.25 bits per heavy atom. The van der Waals surface area contributed by atoms with Gasteiger partial charge in [-0.25, -0.2) is 0 Å². The van der Waals surface area contributed by atoms with Crippen LogP contribution in [-0.4, -0.2) is 10.9 Å². The second-order valence-corrected chi connectivity index (χ2v) is 7.92. The zero-order valence-corrected chi connectivity index (χ0v) is 16.4. The molecular weight excluding hydrogens is 294 g/mol. The molecule has 1 aliphatic carbocycles. The van der Waals surface area contributed by atoms with E-state index in [-0.39, 0.29) is 0 Å². The second-order valence-electron chi connectivity index (χ2n) is 7.92. The summed E-state index contributed by atoms with van der Waals surface area (Å²) < 4.78 is 0. The van der Waals surface area contributed by atoms with Crippen LogP contribution in [0.5, 0.6) is 0 Å². The fourth-order valence-electron chi connectivity index (χ4n) is 4.10. The quantitative estimate of drug-likeness (QED) is 0.184. The van der Waals surface area contributed by atoms with Crippen molar-refractivity contribution in [2.24, 2.45) is 11.1 Å². The van der Waals surface area contributed by atoms with Crippen LogP contribution in [0, 0.1) is 5.92 Å². The monoisotopic (exact) mass is 337 g/mol. The number of rotatable bonds is 15. The average molecular weight is 338 g/mol. The van der Waals surface area contributed by atoms with Crippen LogP contribution < -0.4 is 0 Å². The van der Waals surface area contributed by atoms with E-state index in [1.54, 1.807) is 0 Å². The second kappa shape index (κ2) is 16.0. The average Bonchev–Trinajstić information content (AvgIpc) is 2.62. The molecule has 24 heavy (non-hydrogen) atoms. The molecule has 0 heterocycles. The molecule has 142 valence electrons. The molecule has 1 fully saturated rings. The van der Waals surface area contributed by atoms with Gasteiger partial charge in [-0.15, -0.1) is 0 Å². The van der Waals surface area contributed by atoms with Gasteiger partial charge in [-0.1, -0.05) is 108 Å². The van der Waals surface area contributed by atoms with E-state index in [1.807, 2.05) is 0 Å². The Morgan fingerprint density at radius 1 is 0.750 bits per heavy atom. The predicted molar refractivity (Wildman–Crippen MR) is 106 cm³/mol. The third-order valence-electron chi connectivity index (χ3n) is 5.74. The van der Waals surface area contributed by atoms with Crippen LogP contribution in [0.2, 0.25) is 0 Å². The smallest absolute Gasteiger partial charge is 0.0601 e. The highest BCUT2D eigenvalue weighted by atomic mass is 16.4. The van der Waals surface area contributed by atoms with E-state index in [9.17, 15) is 0 Å². The molecule has 0 amide bonds. The summed E-state index contributed by atoms with van der Waals surface area (Å²) >= 11 is 0. The van der Waals surface area contributed by atoms with Crippen LogP contribution in [-0.2, 0) is 0 Å². The number of nitrogens with zero attached hydrogens (tertiary/aromatic N) is 1. The van der Waals surface area contributed by atoms with Crippen molar-refractivity contribution in [2.75, 3.05) is 0 Å². The molecule has 1 atom stereocenters. The Morgan fingerprint density at radius 3 is 1.75 bits per heavy atom. The fraction of sp³-hybridized carbons (Fsp3) is 0.955. The summed E-state index contributed by atoms with van der Waals surface area (Å²) in [6.45, 7) is 2.29. The van der Waals surface area contributed by atoms with Crippen molar-refractivity contribution in [3.63, 3.8) is 0 Å². The molecule has 1 saturated carbocycles. The zero-order valence-electron chi connectivity index (χ0n) is 16.4. The highest BCUT2D eigenvalue weighted by molar-refractivity contribution is 5.86. The van der Waals surface area contributed by atoms with Gasteiger partial charge in [0.1, 0.15) is 0 Å². The fourth-order valence-corrected chi connectivity index (χ4v) is 4.10. The lowest BCUT2D eigenvalue weighted by Gasteiger charge is -2.22. The summed E-state index contributed by atoms with van der Waals surface area (Å²) in [5.41, 5.74) is 1.08. The molecule has 0 aliphatic heterocycles. The summed E-state index contributed by atoms with van der Waals surface area (Å²) in [6, 6.07) is 0. The minimum Gasteiger partial charge on any atom is -0.411 e. The van der Waals surface area contributed by atoms with E-state index in [0.717, 1.165) is 12.1 Å². The molecule has 1 N–H and O–H groups in total. The molecule has 2 nitrogen and oxygen atoms in total. The maximum absolute atomic E-state index is 9.06. The summed E-state index contributed by atoms with van der Waals surface area (Å²) in [7, 11) is 0. The SMILES string of the molecule is CCCCCCCCCCCCCCCCC1CCCCC1=NO. The summed E-state index contributed by atoms with van der Waals surface area (Å²) in [4.78, 5) is 0. The summed E-state index contributed by atoms with van der Waals surface area (Å²) in [5, 5.41) is 12.6. The van der Waals surface area contributed by atoms with E-state index in [4.69, 9.17) is 5.21 Å². The van der Waals surface area contributed by atoms with Gasteiger partial charge in [0, 0.05) is 5.92 Å². The lowest BCUT2D eigenvalue weighted by atomic mass is 9.84. The molecule has 2 heteroatoms. The van der Waals surface area contributed by atoms with Gasteiger partial charge in [-0.3, -0.25) is 0 Å². The van der Waals surface area contributed by atoms with E-state index in [1.165, 1.54) is 116 Å². The van der Waals surface area contributed by atoms with Crippen LogP contribution >= 0.6 is 0 Å². The molecule has 1 unspecified atom stereocenters. The molecule has 0 radical (unpaired) electrons. The molecular formula is C22H43NO. The van der Waals surface area contributed by atoms with Crippen molar-refractivity contribution in [3.8, 4) is 0 Å². The Bertz CT molecular complexity index is 300. The molecule has 0 aromatic carbocycles. The number of oxime groups is 1. The highest BCUT2D eigenvalue weighted by Crippen LogP contribution is 2.26. The normalized spacial score (nSPS) is 19.9. The molecule has 0 saturated heterocycles. The van der Waals surface area contributed by atoms with Gasteiger partial charge in [-0.05, 0) is 25.7 Å². The first-order chi connectivity index (χ1) is 11.9. The van der Waals surface area contributed by atoms with Crippen molar-refractivity contribution in [2.45, 2.75) is 129 Å². The maximum atomic E-state index is 9.06. The van der Waals surface area contributed by atoms with Gasteiger partial charge >= 0.3 is 0 Å². The van der Waals surface area contributed by atoms with Gasteiger partial charge < -0.3 is 5.21 Å². The molecule has 0 bridgehead atoms. The van der Waals surface area contributed by atoms with Gasteiger partial charge in [0.05, 0.1) is 5.71 Å². The number of hydrogen-bond acceptors (Lipinski definition) is 2. The standard InChI is InChI=1S/C22H43NO/c1-2-3-4-5-6-7-8-9-10-11-12-13-14-15-18-21-19-16-17-20-22(21)23-24/h21,24H,2-20H2,1H3. The minimum absolute atomic E-state index is 0.584.